The van der Waals surface area contributed by atoms with Crippen LogP contribution in [0.25, 0.3) is 5.69 Å². The molecule has 0 saturated carbocycles. The van der Waals surface area contributed by atoms with Gasteiger partial charge in [-0.3, -0.25) is 0 Å². The quantitative estimate of drug-likeness (QED) is 0.847. The van der Waals surface area contributed by atoms with Crippen molar-refractivity contribution in [3.8, 4) is 5.69 Å². The maximum absolute atomic E-state index is 4.50. The molecule has 0 unspecified atom stereocenters. The first-order chi connectivity index (χ1) is 9.85. The predicted molar refractivity (Wildman–Crippen MR) is 89.1 cm³/mol. The van der Waals surface area contributed by atoms with Crippen molar-refractivity contribution < 1.29 is 0 Å². The number of hydrogen-bond acceptors (Lipinski definition) is 2. The number of hydrogen-bond donors (Lipinski definition) is 1. The molecule has 3 heteroatoms. The Labute approximate surface area is 128 Å². The first kappa shape index (κ1) is 15.8. The number of aryl methyl sites for hydroxylation is 3. The van der Waals surface area contributed by atoms with E-state index in [9.17, 15) is 0 Å². The van der Waals surface area contributed by atoms with Gasteiger partial charge in [-0.1, -0.05) is 17.7 Å². The molecule has 2 aromatic rings. The molecule has 1 aromatic carbocycles. The van der Waals surface area contributed by atoms with Gasteiger partial charge in [0.05, 0.1) is 11.9 Å². The smallest absolute Gasteiger partial charge is 0.0674 e. The van der Waals surface area contributed by atoms with Crippen molar-refractivity contribution in [1.82, 2.24) is 15.1 Å². The van der Waals surface area contributed by atoms with Crippen molar-refractivity contribution >= 4 is 0 Å². The molecular weight excluding hydrogens is 258 g/mol. The van der Waals surface area contributed by atoms with Crippen LogP contribution in [0.15, 0.2) is 30.6 Å². The van der Waals surface area contributed by atoms with Gasteiger partial charge in [0, 0.05) is 11.7 Å². The molecule has 0 bridgehead atoms. The Morgan fingerprint density at radius 3 is 2.62 bits per heavy atom. The van der Waals surface area contributed by atoms with E-state index in [1.807, 2.05) is 10.9 Å². The van der Waals surface area contributed by atoms with Crippen molar-refractivity contribution in [2.75, 3.05) is 6.54 Å². The molecule has 1 aromatic heterocycles. The number of aromatic nitrogens is 2. The normalized spacial score (nSPS) is 11.9. The fourth-order valence-electron chi connectivity index (χ4n) is 2.44. The van der Waals surface area contributed by atoms with Gasteiger partial charge >= 0.3 is 0 Å². The molecular formula is C18H27N3. The van der Waals surface area contributed by atoms with E-state index in [4.69, 9.17) is 0 Å². The second kappa shape index (κ2) is 6.44. The molecule has 0 aliphatic carbocycles. The van der Waals surface area contributed by atoms with Crippen LogP contribution in [-0.2, 0) is 6.42 Å². The Kier molecular flexibility index (Phi) is 4.84. The average molecular weight is 285 g/mol. The van der Waals surface area contributed by atoms with Crippen LogP contribution < -0.4 is 5.32 Å². The molecule has 114 valence electrons. The van der Waals surface area contributed by atoms with E-state index in [0.29, 0.717) is 0 Å². The second-order valence-electron chi connectivity index (χ2n) is 6.86. The standard InChI is InChI=1S/C18H27N3/c1-14-8-9-17(15(2)11-14)21-13-16(12-20-21)7-6-10-19-18(3,4)5/h8-9,11-13,19H,6-7,10H2,1-5H3. The lowest BCUT2D eigenvalue weighted by molar-refractivity contribution is 0.422. The third kappa shape index (κ3) is 4.71. The summed E-state index contributed by atoms with van der Waals surface area (Å²) in [7, 11) is 0. The zero-order valence-corrected chi connectivity index (χ0v) is 13.9. The molecule has 0 fully saturated rings. The summed E-state index contributed by atoms with van der Waals surface area (Å²) in [6.07, 6.45) is 6.33. The van der Waals surface area contributed by atoms with Crippen molar-refractivity contribution in [1.29, 1.82) is 0 Å². The van der Waals surface area contributed by atoms with Crippen molar-refractivity contribution in [3.63, 3.8) is 0 Å². The minimum Gasteiger partial charge on any atom is -0.312 e. The fraction of sp³-hybridized carbons (Fsp3) is 0.500. The van der Waals surface area contributed by atoms with E-state index in [2.05, 4.69) is 69.4 Å². The average Bonchev–Trinajstić information content (AvgIpc) is 2.82. The van der Waals surface area contributed by atoms with Crippen molar-refractivity contribution in [2.45, 2.75) is 53.0 Å². The highest BCUT2D eigenvalue weighted by Crippen LogP contribution is 2.16. The monoisotopic (exact) mass is 285 g/mol. The van der Waals surface area contributed by atoms with Crippen LogP contribution in [0.3, 0.4) is 0 Å². The first-order valence-electron chi connectivity index (χ1n) is 7.71. The molecule has 0 atom stereocenters. The van der Waals surface area contributed by atoms with Crippen LogP contribution in [-0.4, -0.2) is 21.9 Å². The van der Waals surface area contributed by atoms with Crippen LogP contribution in [0.1, 0.15) is 43.9 Å². The van der Waals surface area contributed by atoms with E-state index >= 15 is 0 Å². The minimum atomic E-state index is 0.198. The number of nitrogens with zero attached hydrogens (tertiary/aromatic N) is 2. The highest BCUT2D eigenvalue weighted by Gasteiger charge is 2.08. The molecule has 21 heavy (non-hydrogen) atoms. The van der Waals surface area contributed by atoms with Gasteiger partial charge in [0.15, 0.2) is 0 Å². The zero-order chi connectivity index (χ0) is 15.5. The van der Waals surface area contributed by atoms with Crippen LogP contribution in [0, 0.1) is 13.8 Å². The van der Waals surface area contributed by atoms with E-state index in [1.165, 1.54) is 22.4 Å². The van der Waals surface area contributed by atoms with Gasteiger partial charge in [-0.25, -0.2) is 4.68 Å². The highest BCUT2D eigenvalue weighted by atomic mass is 15.3. The molecule has 0 amide bonds. The first-order valence-corrected chi connectivity index (χ1v) is 7.71. The summed E-state index contributed by atoms with van der Waals surface area (Å²) in [6, 6.07) is 6.48. The van der Waals surface area contributed by atoms with E-state index in [-0.39, 0.29) is 5.54 Å². The minimum absolute atomic E-state index is 0.198. The molecule has 0 spiro atoms. The van der Waals surface area contributed by atoms with Gasteiger partial charge in [-0.15, -0.1) is 0 Å². The molecule has 2 rings (SSSR count). The Hall–Kier alpha value is -1.61. The lowest BCUT2D eigenvalue weighted by Crippen LogP contribution is -2.36. The third-order valence-electron chi connectivity index (χ3n) is 3.53. The highest BCUT2D eigenvalue weighted by molar-refractivity contribution is 5.42. The Morgan fingerprint density at radius 2 is 1.95 bits per heavy atom. The molecule has 0 aliphatic rings. The van der Waals surface area contributed by atoms with Gasteiger partial charge < -0.3 is 5.32 Å². The Bertz CT molecular complexity index is 591. The molecule has 0 aliphatic heterocycles. The summed E-state index contributed by atoms with van der Waals surface area (Å²) >= 11 is 0. The van der Waals surface area contributed by atoms with Crippen molar-refractivity contribution in [3.05, 3.63) is 47.3 Å². The Balaban J connectivity index is 1.95. The molecule has 0 radical (unpaired) electrons. The number of nitrogens with one attached hydrogen (secondary N) is 1. The molecule has 3 nitrogen and oxygen atoms in total. The maximum Gasteiger partial charge on any atom is 0.0674 e. The maximum atomic E-state index is 4.50. The van der Waals surface area contributed by atoms with Gasteiger partial charge in [-0.05, 0) is 71.2 Å². The van der Waals surface area contributed by atoms with Crippen LogP contribution in [0.5, 0.6) is 0 Å². The van der Waals surface area contributed by atoms with E-state index in [1.54, 1.807) is 0 Å². The lowest BCUT2D eigenvalue weighted by atomic mass is 10.1. The van der Waals surface area contributed by atoms with Gasteiger partial charge in [0.1, 0.15) is 0 Å². The fourth-order valence-corrected chi connectivity index (χ4v) is 2.44. The molecule has 1 N–H and O–H groups in total. The van der Waals surface area contributed by atoms with Crippen LogP contribution in [0.4, 0.5) is 0 Å². The third-order valence-corrected chi connectivity index (χ3v) is 3.53. The summed E-state index contributed by atoms with van der Waals surface area (Å²) in [5.74, 6) is 0. The summed E-state index contributed by atoms with van der Waals surface area (Å²) in [6.45, 7) is 11.9. The largest absolute Gasteiger partial charge is 0.312 e. The number of benzene rings is 1. The Morgan fingerprint density at radius 1 is 1.19 bits per heavy atom. The topological polar surface area (TPSA) is 29.9 Å². The zero-order valence-electron chi connectivity index (χ0n) is 13.9. The molecule has 0 saturated heterocycles. The van der Waals surface area contributed by atoms with Crippen molar-refractivity contribution in [2.24, 2.45) is 0 Å². The second-order valence-corrected chi connectivity index (χ2v) is 6.86. The van der Waals surface area contributed by atoms with Gasteiger partial charge in [0.2, 0.25) is 0 Å². The van der Waals surface area contributed by atoms with Crippen LogP contribution >= 0.6 is 0 Å². The number of rotatable bonds is 5. The summed E-state index contributed by atoms with van der Waals surface area (Å²) in [5.41, 5.74) is 5.21. The van der Waals surface area contributed by atoms with Gasteiger partial charge in [0.25, 0.3) is 0 Å². The SMILES string of the molecule is Cc1ccc(-n2cc(CCCNC(C)(C)C)cn2)c(C)c1. The lowest BCUT2D eigenvalue weighted by Gasteiger charge is -2.20. The van der Waals surface area contributed by atoms with Crippen LogP contribution in [0.2, 0.25) is 0 Å². The molecule has 1 heterocycles. The summed E-state index contributed by atoms with van der Waals surface area (Å²) in [5, 5.41) is 8.02. The summed E-state index contributed by atoms with van der Waals surface area (Å²) in [4.78, 5) is 0. The van der Waals surface area contributed by atoms with E-state index < -0.39 is 0 Å². The summed E-state index contributed by atoms with van der Waals surface area (Å²) < 4.78 is 1.99. The van der Waals surface area contributed by atoms with E-state index in [0.717, 1.165) is 19.4 Å². The van der Waals surface area contributed by atoms with Gasteiger partial charge in [-0.2, -0.15) is 5.10 Å². The predicted octanol–water partition coefficient (Wildman–Crippen LogP) is 3.81.